The van der Waals surface area contributed by atoms with Crippen molar-refractivity contribution in [1.29, 1.82) is 0 Å². The van der Waals surface area contributed by atoms with E-state index in [0.717, 1.165) is 5.56 Å². The van der Waals surface area contributed by atoms with E-state index in [1.54, 1.807) is 36.4 Å². The molecule has 0 heterocycles. The summed E-state index contributed by atoms with van der Waals surface area (Å²) in [7, 11) is 0. The van der Waals surface area contributed by atoms with E-state index >= 15 is 0 Å². The number of hydrogen-bond acceptors (Lipinski definition) is 4. The zero-order valence-electron chi connectivity index (χ0n) is 13.7. The Labute approximate surface area is 144 Å². The summed E-state index contributed by atoms with van der Waals surface area (Å²) in [5, 5.41) is 14.1. The first-order valence-electron chi connectivity index (χ1n) is 7.66. The van der Waals surface area contributed by atoms with Crippen LogP contribution in [0.4, 0.5) is 4.39 Å². The molecule has 0 radical (unpaired) electrons. The largest absolute Gasteiger partial charge is 0.457 e. The number of benzene rings is 2. The molecule has 2 rings (SSSR count). The van der Waals surface area contributed by atoms with Gasteiger partial charge in [-0.25, -0.2) is 4.39 Å². The van der Waals surface area contributed by atoms with Gasteiger partial charge in [0.25, 0.3) is 0 Å². The summed E-state index contributed by atoms with van der Waals surface area (Å²) in [5.41, 5.74) is 0.805. The lowest BCUT2D eigenvalue weighted by Gasteiger charge is -2.15. The van der Waals surface area contributed by atoms with E-state index < -0.39 is 24.5 Å². The molecular formula is C18H19FN2O4. The van der Waals surface area contributed by atoms with Crippen molar-refractivity contribution in [1.82, 2.24) is 10.6 Å². The van der Waals surface area contributed by atoms with Crippen molar-refractivity contribution >= 4 is 11.8 Å². The van der Waals surface area contributed by atoms with Crippen LogP contribution in [-0.4, -0.2) is 29.6 Å². The monoisotopic (exact) mass is 346 g/mol. The topological polar surface area (TPSA) is 87.7 Å². The van der Waals surface area contributed by atoms with Crippen molar-refractivity contribution in [3.05, 3.63) is 59.9 Å². The minimum atomic E-state index is -0.979. The zero-order chi connectivity index (χ0) is 18.2. The van der Waals surface area contributed by atoms with Crippen molar-refractivity contribution in [2.75, 3.05) is 6.61 Å². The van der Waals surface area contributed by atoms with Gasteiger partial charge in [-0.2, -0.15) is 0 Å². The Bertz CT molecular complexity index is 734. The average Bonchev–Trinajstić information content (AvgIpc) is 2.58. The summed E-state index contributed by atoms with van der Waals surface area (Å²) in [4.78, 5) is 22.8. The normalized spacial score (nSPS) is 11.5. The van der Waals surface area contributed by atoms with Gasteiger partial charge < -0.3 is 20.5 Å². The first-order valence-corrected chi connectivity index (χ1v) is 7.66. The minimum Gasteiger partial charge on any atom is -0.457 e. The van der Waals surface area contributed by atoms with Crippen LogP contribution in [0.25, 0.3) is 0 Å². The van der Waals surface area contributed by atoms with Gasteiger partial charge in [0.1, 0.15) is 23.4 Å². The second-order valence-corrected chi connectivity index (χ2v) is 5.36. The Morgan fingerprint density at radius 1 is 1.16 bits per heavy atom. The Morgan fingerprint density at radius 3 is 2.48 bits per heavy atom. The minimum absolute atomic E-state index is 0.231. The quantitative estimate of drug-likeness (QED) is 0.712. The molecule has 1 atom stereocenters. The molecule has 0 aromatic heterocycles. The molecule has 2 aromatic rings. The van der Waals surface area contributed by atoms with Crippen LogP contribution in [-0.2, 0) is 16.1 Å². The number of halogens is 1. The number of amides is 2. The Kier molecular flexibility index (Phi) is 6.47. The Morgan fingerprint density at radius 2 is 1.88 bits per heavy atom. The molecule has 0 saturated heterocycles. The molecule has 0 aliphatic carbocycles. The number of carbonyl (C=O) groups is 2. The van der Waals surface area contributed by atoms with E-state index in [-0.39, 0.29) is 12.4 Å². The molecule has 25 heavy (non-hydrogen) atoms. The third-order valence-corrected chi connectivity index (χ3v) is 3.30. The second kappa shape index (κ2) is 8.79. The maximum Gasteiger partial charge on any atom is 0.245 e. The van der Waals surface area contributed by atoms with Crippen LogP contribution in [0.1, 0.15) is 12.5 Å². The Hall–Kier alpha value is -2.93. The Balaban J connectivity index is 1.89. The summed E-state index contributed by atoms with van der Waals surface area (Å²) in [6.07, 6.45) is 0. The average molecular weight is 346 g/mol. The maximum absolute atomic E-state index is 13.1. The first-order chi connectivity index (χ1) is 12.0. The zero-order valence-corrected chi connectivity index (χ0v) is 13.7. The molecule has 6 nitrogen and oxygen atoms in total. The fourth-order valence-electron chi connectivity index (χ4n) is 2.09. The number of aliphatic hydroxyl groups is 1. The van der Waals surface area contributed by atoms with Crippen molar-refractivity contribution in [3.63, 3.8) is 0 Å². The third-order valence-electron chi connectivity index (χ3n) is 3.30. The number of ether oxygens (including phenoxy) is 1. The predicted molar refractivity (Wildman–Crippen MR) is 89.5 cm³/mol. The molecule has 7 heteroatoms. The number of hydrogen-bond donors (Lipinski definition) is 3. The molecule has 0 fully saturated rings. The molecule has 2 amide bonds. The van der Waals surface area contributed by atoms with Crippen molar-refractivity contribution < 1.29 is 23.8 Å². The molecule has 0 spiro atoms. The van der Waals surface area contributed by atoms with Crippen LogP contribution < -0.4 is 15.4 Å². The highest BCUT2D eigenvalue weighted by Gasteiger charge is 2.17. The van der Waals surface area contributed by atoms with E-state index in [2.05, 4.69) is 10.6 Å². The summed E-state index contributed by atoms with van der Waals surface area (Å²) >= 11 is 0. The standard InChI is InChI=1S/C18H19FN2O4/c1-12(23)21-17(11-22)18(24)20-10-13-5-7-15(8-6-13)25-16-4-2-3-14(19)9-16/h2-9,17,22H,10-11H2,1H3,(H,20,24)(H,21,23)/t17-/m1/s1. The molecule has 0 aliphatic heterocycles. The van der Waals surface area contributed by atoms with Gasteiger partial charge in [0.2, 0.25) is 11.8 Å². The van der Waals surface area contributed by atoms with Gasteiger partial charge in [-0.05, 0) is 29.8 Å². The number of rotatable bonds is 7. The molecular weight excluding hydrogens is 327 g/mol. The summed E-state index contributed by atoms with van der Waals surface area (Å²) in [6.45, 7) is 1.02. The molecule has 0 unspecified atom stereocenters. The highest BCUT2D eigenvalue weighted by Crippen LogP contribution is 2.22. The first kappa shape index (κ1) is 18.4. The lowest BCUT2D eigenvalue weighted by Crippen LogP contribution is -2.48. The maximum atomic E-state index is 13.1. The molecule has 2 aromatic carbocycles. The van der Waals surface area contributed by atoms with E-state index in [9.17, 15) is 14.0 Å². The predicted octanol–water partition coefficient (Wildman–Crippen LogP) is 1.73. The third kappa shape index (κ3) is 5.89. The van der Waals surface area contributed by atoms with Crippen LogP contribution >= 0.6 is 0 Å². The fraction of sp³-hybridized carbons (Fsp3) is 0.222. The van der Waals surface area contributed by atoms with E-state index in [0.29, 0.717) is 11.5 Å². The molecule has 0 aliphatic rings. The highest BCUT2D eigenvalue weighted by molar-refractivity contribution is 5.86. The van der Waals surface area contributed by atoms with E-state index in [4.69, 9.17) is 9.84 Å². The van der Waals surface area contributed by atoms with Gasteiger partial charge in [0.05, 0.1) is 6.61 Å². The number of aliphatic hydroxyl groups excluding tert-OH is 1. The summed E-state index contributed by atoms with van der Waals surface area (Å²) in [6, 6.07) is 11.7. The van der Waals surface area contributed by atoms with E-state index in [1.807, 2.05) is 0 Å². The van der Waals surface area contributed by atoms with Crippen molar-refractivity contribution in [2.45, 2.75) is 19.5 Å². The van der Waals surface area contributed by atoms with Crippen LogP contribution in [0.2, 0.25) is 0 Å². The molecule has 3 N–H and O–H groups in total. The number of nitrogens with one attached hydrogen (secondary N) is 2. The van der Waals surface area contributed by atoms with E-state index in [1.165, 1.54) is 19.1 Å². The van der Waals surface area contributed by atoms with Gasteiger partial charge in [-0.3, -0.25) is 9.59 Å². The molecule has 0 saturated carbocycles. The van der Waals surface area contributed by atoms with Crippen LogP contribution in [0, 0.1) is 5.82 Å². The molecule has 132 valence electrons. The SMILES string of the molecule is CC(=O)N[C@H](CO)C(=O)NCc1ccc(Oc2cccc(F)c2)cc1. The fourth-order valence-corrected chi connectivity index (χ4v) is 2.09. The van der Waals surface area contributed by atoms with Gasteiger partial charge in [-0.1, -0.05) is 18.2 Å². The van der Waals surface area contributed by atoms with Gasteiger partial charge in [0, 0.05) is 19.5 Å². The lowest BCUT2D eigenvalue weighted by atomic mass is 10.2. The van der Waals surface area contributed by atoms with Crippen LogP contribution in [0.5, 0.6) is 11.5 Å². The van der Waals surface area contributed by atoms with Crippen LogP contribution in [0.3, 0.4) is 0 Å². The van der Waals surface area contributed by atoms with Gasteiger partial charge in [-0.15, -0.1) is 0 Å². The van der Waals surface area contributed by atoms with Gasteiger partial charge in [0.15, 0.2) is 0 Å². The van der Waals surface area contributed by atoms with Crippen molar-refractivity contribution in [3.8, 4) is 11.5 Å². The smallest absolute Gasteiger partial charge is 0.245 e. The number of carbonyl (C=O) groups excluding carboxylic acids is 2. The second-order valence-electron chi connectivity index (χ2n) is 5.36. The molecule has 0 bridgehead atoms. The lowest BCUT2D eigenvalue weighted by molar-refractivity contribution is -0.129. The highest BCUT2D eigenvalue weighted by atomic mass is 19.1. The van der Waals surface area contributed by atoms with Crippen molar-refractivity contribution in [2.24, 2.45) is 0 Å². The summed E-state index contributed by atoms with van der Waals surface area (Å²) in [5.74, 6) is -0.324. The summed E-state index contributed by atoms with van der Waals surface area (Å²) < 4.78 is 18.7. The van der Waals surface area contributed by atoms with Crippen LogP contribution in [0.15, 0.2) is 48.5 Å². The van der Waals surface area contributed by atoms with Gasteiger partial charge >= 0.3 is 0 Å².